The molecule has 2 aromatic rings. The lowest BCUT2D eigenvalue weighted by atomic mass is 10.1. The first kappa shape index (κ1) is 19.2. The van der Waals surface area contributed by atoms with Crippen LogP contribution in [-0.2, 0) is 14.4 Å². The van der Waals surface area contributed by atoms with Gasteiger partial charge in [0.2, 0.25) is 17.7 Å². The topological polar surface area (TPSA) is 78.5 Å². The molecular formula is C20H23N3O3. The Morgan fingerprint density at radius 1 is 0.885 bits per heavy atom. The summed E-state index contributed by atoms with van der Waals surface area (Å²) >= 11 is 0. The number of hydrogen-bond donors (Lipinski definition) is 2. The third kappa shape index (κ3) is 5.17. The van der Waals surface area contributed by atoms with E-state index in [2.05, 4.69) is 10.6 Å². The molecule has 0 aliphatic carbocycles. The summed E-state index contributed by atoms with van der Waals surface area (Å²) in [6.45, 7) is 6.71. The highest BCUT2D eigenvalue weighted by Gasteiger charge is 2.16. The van der Waals surface area contributed by atoms with Gasteiger partial charge >= 0.3 is 0 Å². The fraction of sp³-hybridized carbons (Fsp3) is 0.250. The van der Waals surface area contributed by atoms with Crippen LogP contribution in [0.4, 0.5) is 17.1 Å². The van der Waals surface area contributed by atoms with Crippen LogP contribution < -0.4 is 15.5 Å². The summed E-state index contributed by atoms with van der Waals surface area (Å²) in [7, 11) is 0. The maximum atomic E-state index is 12.4. The molecule has 0 aliphatic heterocycles. The van der Waals surface area contributed by atoms with Gasteiger partial charge in [-0.1, -0.05) is 12.1 Å². The number of aryl methyl sites for hydroxylation is 2. The third-order valence-electron chi connectivity index (χ3n) is 3.95. The normalized spacial score (nSPS) is 10.2. The first-order chi connectivity index (χ1) is 12.3. The molecule has 6 nitrogen and oxygen atoms in total. The summed E-state index contributed by atoms with van der Waals surface area (Å²) in [5.41, 5.74) is 3.99. The Morgan fingerprint density at radius 3 is 2.12 bits per heavy atom. The minimum Gasteiger partial charge on any atom is -0.326 e. The molecule has 0 aliphatic rings. The van der Waals surface area contributed by atoms with E-state index < -0.39 is 0 Å². The van der Waals surface area contributed by atoms with E-state index in [1.165, 1.54) is 18.7 Å². The quantitative estimate of drug-likeness (QED) is 0.866. The van der Waals surface area contributed by atoms with Gasteiger partial charge in [0, 0.05) is 30.9 Å². The number of amides is 3. The molecule has 0 radical (unpaired) electrons. The van der Waals surface area contributed by atoms with Crippen molar-refractivity contribution in [3.63, 3.8) is 0 Å². The molecule has 0 aromatic heterocycles. The van der Waals surface area contributed by atoms with Gasteiger partial charge in [-0.3, -0.25) is 14.4 Å². The molecule has 0 fully saturated rings. The molecular weight excluding hydrogens is 330 g/mol. The molecule has 2 N–H and O–H groups in total. The summed E-state index contributed by atoms with van der Waals surface area (Å²) < 4.78 is 0. The van der Waals surface area contributed by atoms with Crippen molar-refractivity contribution in [2.45, 2.75) is 27.7 Å². The molecule has 0 saturated carbocycles. The molecule has 2 rings (SSSR count). The Labute approximate surface area is 153 Å². The average Bonchev–Trinajstić information content (AvgIpc) is 2.55. The molecule has 0 saturated heterocycles. The zero-order valence-corrected chi connectivity index (χ0v) is 15.4. The van der Waals surface area contributed by atoms with Crippen molar-refractivity contribution in [3.05, 3.63) is 53.6 Å². The van der Waals surface area contributed by atoms with Gasteiger partial charge in [0.25, 0.3) is 0 Å². The van der Waals surface area contributed by atoms with E-state index in [-0.39, 0.29) is 24.3 Å². The van der Waals surface area contributed by atoms with E-state index in [0.717, 1.165) is 11.1 Å². The maximum Gasteiger partial charge on any atom is 0.244 e. The Bertz CT molecular complexity index is 846. The fourth-order valence-corrected chi connectivity index (χ4v) is 2.50. The van der Waals surface area contributed by atoms with Crippen molar-refractivity contribution in [2.24, 2.45) is 0 Å². The fourth-order valence-electron chi connectivity index (χ4n) is 2.50. The highest BCUT2D eigenvalue weighted by molar-refractivity contribution is 6.02. The van der Waals surface area contributed by atoms with Gasteiger partial charge in [-0.25, -0.2) is 0 Å². The lowest BCUT2D eigenvalue weighted by molar-refractivity contribution is -0.120. The zero-order valence-electron chi connectivity index (χ0n) is 15.4. The van der Waals surface area contributed by atoms with Gasteiger partial charge in [-0.05, 0) is 55.3 Å². The lowest BCUT2D eigenvalue weighted by Crippen LogP contribution is -2.36. The maximum absolute atomic E-state index is 12.4. The first-order valence-electron chi connectivity index (χ1n) is 8.29. The van der Waals surface area contributed by atoms with Crippen LogP contribution in [-0.4, -0.2) is 24.3 Å². The summed E-state index contributed by atoms with van der Waals surface area (Å²) in [6.07, 6.45) is 0. The summed E-state index contributed by atoms with van der Waals surface area (Å²) in [5.74, 6) is -0.722. The van der Waals surface area contributed by atoms with Gasteiger partial charge in [0.15, 0.2) is 0 Å². The SMILES string of the molecule is CC(=O)Nc1cccc(NC(=O)CN(C(C)=O)c2ccc(C)c(C)c2)c1. The predicted molar refractivity (Wildman–Crippen MR) is 103 cm³/mol. The van der Waals surface area contributed by atoms with E-state index in [1.807, 2.05) is 32.0 Å². The molecule has 0 bridgehead atoms. The minimum atomic E-state index is -0.321. The van der Waals surface area contributed by atoms with Crippen molar-refractivity contribution in [1.29, 1.82) is 0 Å². The second-order valence-corrected chi connectivity index (χ2v) is 6.18. The van der Waals surface area contributed by atoms with Crippen LogP contribution in [0.5, 0.6) is 0 Å². The number of nitrogens with zero attached hydrogens (tertiary/aromatic N) is 1. The summed E-state index contributed by atoms with van der Waals surface area (Å²) in [5, 5.41) is 5.41. The van der Waals surface area contributed by atoms with Crippen LogP contribution in [0.3, 0.4) is 0 Å². The van der Waals surface area contributed by atoms with Gasteiger partial charge in [-0.15, -0.1) is 0 Å². The van der Waals surface area contributed by atoms with Gasteiger partial charge in [-0.2, -0.15) is 0 Å². The largest absolute Gasteiger partial charge is 0.326 e. The second kappa shape index (κ2) is 8.29. The van der Waals surface area contributed by atoms with E-state index in [1.54, 1.807) is 24.3 Å². The van der Waals surface area contributed by atoms with Gasteiger partial charge < -0.3 is 15.5 Å². The van der Waals surface area contributed by atoms with Crippen molar-refractivity contribution >= 4 is 34.8 Å². The van der Waals surface area contributed by atoms with E-state index >= 15 is 0 Å². The van der Waals surface area contributed by atoms with E-state index in [4.69, 9.17) is 0 Å². The monoisotopic (exact) mass is 353 g/mol. The Kier molecular flexibility index (Phi) is 6.11. The van der Waals surface area contributed by atoms with E-state index in [9.17, 15) is 14.4 Å². The Hall–Kier alpha value is -3.15. The van der Waals surface area contributed by atoms with Crippen LogP contribution >= 0.6 is 0 Å². The molecule has 2 aromatic carbocycles. The Morgan fingerprint density at radius 2 is 1.54 bits per heavy atom. The van der Waals surface area contributed by atoms with Gasteiger partial charge in [0.1, 0.15) is 6.54 Å². The smallest absolute Gasteiger partial charge is 0.244 e. The van der Waals surface area contributed by atoms with Crippen molar-refractivity contribution < 1.29 is 14.4 Å². The third-order valence-corrected chi connectivity index (χ3v) is 3.95. The zero-order chi connectivity index (χ0) is 19.3. The van der Waals surface area contributed by atoms with Crippen LogP contribution in [0.15, 0.2) is 42.5 Å². The molecule has 6 heteroatoms. The predicted octanol–water partition coefficient (Wildman–Crippen LogP) is 3.25. The van der Waals surface area contributed by atoms with Crippen LogP contribution in [0.1, 0.15) is 25.0 Å². The highest BCUT2D eigenvalue weighted by atomic mass is 16.2. The molecule has 0 spiro atoms. The summed E-state index contributed by atoms with van der Waals surface area (Å²) in [6, 6.07) is 12.5. The molecule has 0 atom stereocenters. The van der Waals surface area contributed by atoms with Gasteiger partial charge in [0.05, 0.1) is 0 Å². The molecule has 136 valence electrons. The van der Waals surface area contributed by atoms with Crippen molar-refractivity contribution in [3.8, 4) is 0 Å². The van der Waals surface area contributed by atoms with Crippen LogP contribution in [0.2, 0.25) is 0 Å². The standard InChI is InChI=1S/C20H23N3O3/c1-13-8-9-19(10-14(13)2)23(16(4)25)12-20(26)22-18-7-5-6-17(11-18)21-15(3)24/h5-11H,12H2,1-4H3,(H,21,24)(H,22,26). The number of carbonyl (C=O) groups is 3. The van der Waals surface area contributed by atoms with Crippen LogP contribution in [0.25, 0.3) is 0 Å². The lowest BCUT2D eigenvalue weighted by Gasteiger charge is -2.21. The second-order valence-electron chi connectivity index (χ2n) is 6.18. The van der Waals surface area contributed by atoms with E-state index in [0.29, 0.717) is 17.1 Å². The number of rotatable bonds is 5. The first-order valence-corrected chi connectivity index (χ1v) is 8.29. The molecule has 3 amide bonds. The van der Waals surface area contributed by atoms with Crippen molar-refractivity contribution in [2.75, 3.05) is 22.1 Å². The Balaban J connectivity index is 2.12. The number of benzene rings is 2. The number of hydrogen-bond acceptors (Lipinski definition) is 3. The number of carbonyl (C=O) groups excluding carboxylic acids is 3. The average molecular weight is 353 g/mol. The molecule has 0 unspecified atom stereocenters. The van der Waals surface area contributed by atoms with Crippen molar-refractivity contribution in [1.82, 2.24) is 0 Å². The highest BCUT2D eigenvalue weighted by Crippen LogP contribution is 2.20. The molecule has 26 heavy (non-hydrogen) atoms. The van der Waals surface area contributed by atoms with Crippen LogP contribution in [0, 0.1) is 13.8 Å². The molecule has 0 heterocycles. The summed E-state index contributed by atoms with van der Waals surface area (Å²) in [4.78, 5) is 37.0. The number of nitrogens with one attached hydrogen (secondary N) is 2. The minimum absolute atomic E-state index is 0.0950. The number of anilines is 3.